The molecule has 0 fully saturated rings. The molecule has 0 aromatic heterocycles. The fourth-order valence-electron chi connectivity index (χ4n) is 1.44. The van der Waals surface area contributed by atoms with Gasteiger partial charge >= 0.3 is 6.18 Å². The highest BCUT2D eigenvalue weighted by Crippen LogP contribution is 2.23. The molecule has 0 spiro atoms. The van der Waals surface area contributed by atoms with E-state index in [2.05, 4.69) is 11.9 Å². The van der Waals surface area contributed by atoms with Crippen molar-refractivity contribution in [2.75, 3.05) is 6.54 Å². The van der Waals surface area contributed by atoms with Gasteiger partial charge in [-0.3, -0.25) is 0 Å². The Balaban J connectivity index is 4.21. The van der Waals surface area contributed by atoms with E-state index in [1.807, 2.05) is 32.9 Å². The zero-order valence-electron chi connectivity index (χ0n) is 10.8. The van der Waals surface area contributed by atoms with Gasteiger partial charge in [0.05, 0.1) is 6.42 Å². The van der Waals surface area contributed by atoms with Crippen LogP contribution in [0.15, 0.2) is 24.8 Å². The molecule has 0 aliphatic carbocycles. The van der Waals surface area contributed by atoms with Crippen molar-refractivity contribution in [2.24, 2.45) is 5.41 Å². The molecule has 1 unspecified atom stereocenters. The van der Waals surface area contributed by atoms with Gasteiger partial charge in [0.15, 0.2) is 0 Å². The summed E-state index contributed by atoms with van der Waals surface area (Å²) in [5.41, 5.74) is -0.0723. The van der Waals surface area contributed by atoms with Crippen LogP contribution in [-0.4, -0.2) is 18.8 Å². The van der Waals surface area contributed by atoms with E-state index in [1.54, 1.807) is 6.08 Å². The monoisotopic (exact) mass is 249 g/mol. The van der Waals surface area contributed by atoms with Crippen LogP contribution in [0.5, 0.6) is 0 Å². The fourth-order valence-corrected chi connectivity index (χ4v) is 1.44. The minimum absolute atomic E-state index is 0.0287. The van der Waals surface area contributed by atoms with Gasteiger partial charge in [-0.2, -0.15) is 13.2 Å². The average Bonchev–Trinajstić information content (AvgIpc) is 2.12. The van der Waals surface area contributed by atoms with Gasteiger partial charge in [-0.05, 0) is 11.8 Å². The Kier molecular flexibility index (Phi) is 6.53. The van der Waals surface area contributed by atoms with Crippen molar-refractivity contribution in [3.05, 3.63) is 24.8 Å². The molecule has 0 rings (SSSR count). The predicted octanol–water partition coefficient (Wildman–Crippen LogP) is 4.08. The molecule has 0 heterocycles. The Morgan fingerprint density at radius 1 is 1.24 bits per heavy atom. The summed E-state index contributed by atoms with van der Waals surface area (Å²) in [5, 5.41) is 2.97. The number of rotatable bonds is 6. The number of allylic oxidation sites excluding steroid dienone is 2. The molecule has 0 aliphatic heterocycles. The van der Waals surface area contributed by atoms with E-state index in [4.69, 9.17) is 0 Å². The van der Waals surface area contributed by atoms with Crippen molar-refractivity contribution in [3.8, 4) is 0 Å². The third kappa shape index (κ3) is 8.98. The van der Waals surface area contributed by atoms with E-state index in [-0.39, 0.29) is 18.0 Å². The number of halogens is 3. The van der Waals surface area contributed by atoms with E-state index in [0.29, 0.717) is 6.42 Å². The van der Waals surface area contributed by atoms with Gasteiger partial charge in [-0.25, -0.2) is 0 Å². The van der Waals surface area contributed by atoms with E-state index in [9.17, 15) is 13.2 Å². The summed E-state index contributed by atoms with van der Waals surface area (Å²) in [6, 6.07) is 0.0287. The van der Waals surface area contributed by atoms with E-state index in [0.717, 1.165) is 0 Å². The minimum atomic E-state index is -4.09. The quantitative estimate of drug-likeness (QED) is 0.699. The lowest BCUT2D eigenvalue weighted by atomic mass is 9.84. The molecule has 1 N–H and O–H groups in total. The average molecular weight is 249 g/mol. The summed E-state index contributed by atoms with van der Waals surface area (Å²) in [4.78, 5) is 0. The smallest absolute Gasteiger partial charge is 0.313 e. The Hall–Kier alpha value is -0.770. The Labute approximate surface area is 102 Å². The van der Waals surface area contributed by atoms with Gasteiger partial charge in [0.1, 0.15) is 0 Å². The summed E-state index contributed by atoms with van der Waals surface area (Å²) in [5.74, 6) is 0. The van der Waals surface area contributed by atoms with Gasteiger partial charge in [0, 0.05) is 12.6 Å². The number of hydrogen-bond donors (Lipinski definition) is 1. The second kappa shape index (κ2) is 6.84. The molecule has 0 amide bonds. The van der Waals surface area contributed by atoms with Gasteiger partial charge in [0.25, 0.3) is 0 Å². The maximum Gasteiger partial charge on any atom is 0.390 e. The van der Waals surface area contributed by atoms with Crippen molar-refractivity contribution in [3.63, 3.8) is 0 Å². The summed E-state index contributed by atoms with van der Waals surface area (Å²) >= 11 is 0. The lowest BCUT2D eigenvalue weighted by Gasteiger charge is -2.31. The maximum atomic E-state index is 12.0. The van der Waals surface area contributed by atoms with Crippen molar-refractivity contribution >= 4 is 0 Å². The first-order valence-corrected chi connectivity index (χ1v) is 5.74. The van der Waals surface area contributed by atoms with Gasteiger partial charge in [0.2, 0.25) is 0 Å². The molecular weight excluding hydrogens is 227 g/mol. The standard InChI is InChI=1S/C13H22F3N/c1-5-6-7-8-11(12(2,3)4)17-10-9-13(14,15)16/h5-7,11,17H,1,8-10H2,2-4H3/b7-6-. The molecule has 17 heavy (non-hydrogen) atoms. The van der Waals surface area contributed by atoms with E-state index >= 15 is 0 Å². The molecular formula is C13H22F3N. The first-order chi connectivity index (χ1) is 7.67. The Morgan fingerprint density at radius 3 is 2.24 bits per heavy atom. The lowest BCUT2D eigenvalue weighted by Crippen LogP contribution is -2.41. The molecule has 100 valence electrons. The van der Waals surface area contributed by atoms with Crippen molar-refractivity contribution < 1.29 is 13.2 Å². The third-order valence-corrected chi connectivity index (χ3v) is 2.49. The molecule has 1 nitrogen and oxygen atoms in total. The van der Waals surface area contributed by atoms with Crippen LogP contribution in [0.4, 0.5) is 13.2 Å². The second-order valence-electron chi connectivity index (χ2n) is 5.14. The van der Waals surface area contributed by atoms with Crippen LogP contribution >= 0.6 is 0 Å². The molecule has 0 saturated carbocycles. The van der Waals surface area contributed by atoms with Crippen molar-refractivity contribution in [2.45, 2.75) is 45.8 Å². The van der Waals surface area contributed by atoms with Crippen LogP contribution in [0.2, 0.25) is 0 Å². The molecule has 0 saturated heterocycles. The Bertz CT molecular complexity index is 248. The first-order valence-electron chi connectivity index (χ1n) is 5.74. The Morgan fingerprint density at radius 2 is 1.82 bits per heavy atom. The zero-order chi connectivity index (χ0) is 13.5. The molecule has 0 bridgehead atoms. The SMILES string of the molecule is C=C/C=C\CC(NCCC(F)(F)F)C(C)(C)C. The minimum Gasteiger partial charge on any atom is -0.313 e. The zero-order valence-corrected chi connectivity index (χ0v) is 10.8. The molecule has 0 aromatic rings. The van der Waals surface area contributed by atoms with E-state index < -0.39 is 12.6 Å². The number of alkyl halides is 3. The van der Waals surface area contributed by atoms with Crippen LogP contribution in [0.3, 0.4) is 0 Å². The molecule has 0 aliphatic rings. The summed E-state index contributed by atoms with van der Waals surface area (Å²) < 4.78 is 36.1. The summed E-state index contributed by atoms with van der Waals surface area (Å²) in [6.07, 6.45) is 1.22. The number of hydrogen-bond acceptors (Lipinski definition) is 1. The normalized spacial score (nSPS) is 15.2. The summed E-state index contributed by atoms with van der Waals surface area (Å²) in [7, 11) is 0. The van der Waals surface area contributed by atoms with Gasteiger partial charge in [-0.15, -0.1) is 0 Å². The van der Waals surface area contributed by atoms with Crippen LogP contribution in [0.25, 0.3) is 0 Å². The third-order valence-electron chi connectivity index (χ3n) is 2.49. The van der Waals surface area contributed by atoms with Gasteiger partial charge < -0.3 is 5.32 Å². The highest BCUT2D eigenvalue weighted by atomic mass is 19.4. The van der Waals surface area contributed by atoms with Crippen molar-refractivity contribution in [1.29, 1.82) is 0 Å². The largest absolute Gasteiger partial charge is 0.390 e. The topological polar surface area (TPSA) is 12.0 Å². The van der Waals surface area contributed by atoms with Crippen LogP contribution in [0, 0.1) is 5.41 Å². The molecule has 1 atom stereocenters. The number of nitrogens with one attached hydrogen (secondary N) is 1. The van der Waals surface area contributed by atoms with E-state index in [1.165, 1.54) is 0 Å². The molecule has 4 heteroatoms. The summed E-state index contributed by atoms with van der Waals surface area (Å²) in [6.45, 7) is 9.57. The van der Waals surface area contributed by atoms with Crippen LogP contribution in [-0.2, 0) is 0 Å². The molecule has 0 aromatic carbocycles. The molecule has 0 radical (unpaired) electrons. The highest BCUT2D eigenvalue weighted by molar-refractivity contribution is 5.00. The fraction of sp³-hybridized carbons (Fsp3) is 0.692. The van der Waals surface area contributed by atoms with Crippen LogP contribution < -0.4 is 5.32 Å². The second-order valence-corrected chi connectivity index (χ2v) is 5.14. The van der Waals surface area contributed by atoms with Crippen molar-refractivity contribution in [1.82, 2.24) is 5.32 Å². The van der Waals surface area contributed by atoms with Crippen LogP contribution in [0.1, 0.15) is 33.6 Å². The maximum absolute atomic E-state index is 12.0. The highest BCUT2D eigenvalue weighted by Gasteiger charge is 2.28. The predicted molar refractivity (Wildman–Crippen MR) is 65.9 cm³/mol. The lowest BCUT2D eigenvalue weighted by molar-refractivity contribution is -0.133. The first kappa shape index (κ1) is 16.2. The van der Waals surface area contributed by atoms with Gasteiger partial charge in [-0.1, -0.05) is 45.6 Å².